The third kappa shape index (κ3) is 8.22. The fourth-order valence-corrected chi connectivity index (χ4v) is 7.01. The van der Waals surface area contributed by atoms with Crippen LogP contribution in [0.1, 0.15) is 74.1 Å². The molecule has 2 aliphatic rings. The normalized spacial score (nSPS) is 18.8. The van der Waals surface area contributed by atoms with Crippen molar-refractivity contribution in [2.45, 2.75) is 71.5 Å². The summed E-state index contributed by atoms with van der Waals surface area (Å²) in [7, 11) is 0. The minimum atomic E-state index is -1.00. The Bertz CT molecular complexity index is 1700. The molecule has 5 rings (SSSR count). The van der Waals surface area contributed by atoms with E-state index in [4.69, 9.17) is 14.2 Å². The van der Waals surface area contributed by atoms with Gasteiger partial charge in [-0.3, -0.25) is 24.1 Å². The topological polar surface area (TPSA) is 143 Å². The zero-order chi connectivity index (χ0) is 35.8. The van der Waals surface area contributed by atoms with Crippen molar-refractivity contribution in [2.24, 2.45) is 5.41 Å². The quantitative estimate of drug-likeness (QED) is 0.247. The number of carbonyl (C=O) groups excluding carboxylic acids is 3. The maximum Gasteiger partial charge on any atom is 0.314 e. The SMILES string of the molecule is CCC(CC)(C(=O)OCCN1CCOCC1)[C@H]1CC[C@@H](c2cccc(F)c2)N1C(=O)[C@@H](C)NC(=O)c1ccc(Oc2cc(C)n[nH]c2=O)cc1. The van der Waals surface area contributed by atoms with E-state index < -0.39 is 40.8 Å². The number of benzene rings is 2. The monoisotopic (exact) mass is 691 g/mol. The van der Waals surface area contributed by atoms with E-state index >= 15 is 0 Å². The van der Waals surface area contributed by atoms with Gasteiger partial charge in [-0.25, -0.2) is 9.49 Å². The molecule has 0 aliphatic carbocycles. The Balaban J connectivity index is 1.34. The molecule has 3 atom stereocenters. The molecule has 1 aromatic heterocycles. The maximum absolute atomic E-state index is 14.5. The summed E-state index contributed by atoms with van der Waals surface area (Å²) in [6, 6.07) is 11.8. The number of amides is 2. The van der Waals surface area contributed by atoms with Gasteiger partial charge in [0.15, 0.2) is 5.75 Å². The molecule has 2 saturated heterocycles. The van der Waals surface area contributed by atoms with E-state index in [-0.39, 0.29) is 29.8 Å². The van der Waals surface area contributed by atoms with Gasteiger partial charge in [0.1, 0.15) is 24.2 Å². The summed E-state index contributed by atoms with van der Waals surface area (Å²) in [5, 5.41) is 9.00. The average molecular weight is 692 g/mol. The molecular formula is C37H46FN5O7. The number of hydrogen-bond donors (Lipinski definition) is 2. The van der Waals surface area contributed by atoms with Crippen molar-refractivity contribution in [3.05, 3.63) is 87.6 Å². The highest BCUT2D eigenvalue weighted by atomic mass is 19.1. The van der Waals surface area contributed by atoms with Crippen LogP contribution in [0.2, 0.25) is 0 Å². The van der Waals surface area contributed by atoms with Gasteiger partial charge in [-0.15, -0.1) is 0 Å². The van der Waals surface area contributed by atoms with Crippen LogP contribution in [-0.2, 0) is 19.1 Å². The Morgan fingerprint density at radius 1 is 1.08 bits per heavy atom. The van der Waals surface area contributed by atoms with Crippen LogP contribution in [-0.4, -0.2) is 89.3 Å². The van der Waals surface area contributed by atoms with E-state index in [1.807, 2.05) is 13.8 Å². The van der Waals surface area contributed by atoms with Crippen LogP contribution in [0.25, 0.3) is 0 Å². The van der Waals surface area contributed by atoms with Crippen molar-refractivity contribution in [3.8, 4) is 11.5 Å². The van der Waals surface area contributed by atoms with Gasteiger partial charge in [0.2, 0.25) is 5.91 Å². The van der Waals surface area contributed by atoms with Crippen LogP contribution in [0.15, 0.2) is 59.4 Å². The molecule has 0 saturated carbocycles. The van der Waals surface area contributed by atoms with Gasteiger partial charge in [-0.1, -0.05) is 26.0 Å². The Kier molecular flexibility index (Phi) is 12.0. The first-order valence-electron chi connectivity index (χ1n) is 17.3. The number of hydrogen-bond acceptors (Lipinski definition) is 9. The predicted molar refractivity (Wildman–Crippen MR) is 183 cm³/mol. The zero-order valence-corrected chi connectivity index (χ0v) is 29.1. The number of likely N-dealkylation sites (tertiary alicyclic amines) is 1. The molecular weight excluding hydrogens is 645 g/mol. The van der Waals surface area contributed by atoms with E-state index in [1.54, 1.807) is 43.0 Å². The molecule has 268 valence electrons. The van der Waals surface area contributed by atoms with Crippen molar-refractivity contribution in [3.63, 3.8) is 0 Å². The van der Waals surface area contributed by atoms with Crippen molar-refractivity contribution in [1.82, 2.24) is 25.3 Å². The van der Waals surface area contributed by atoms with Gasteiger partial charge in [-0.05, 0) is 81.5 Å². The zero-order valence-electron chi connectivity index (χ0n) is 29.1. The summed E-state index contributed by atoms with van der Waals surface area (Å²) in [5.41, 5.74) is -0.0169. The van der Waals surface area contributed by atoms with Crippen LogP contribution < -0.4 is 15.6 Å². The largest absolute Gasteiger partial charge is 0.464 e. The van der Waals surface area contributed by atoms with Crippen molar-refractivity contribution in [2.75, 3.05) is 39.5 Å². The van der Waals surface area contributed by atoms with Crippen LogP contribution in [0.3, 0.4) is 0 Å². The maximum atomic E-state index is 14.5. The van der Waals surface area contributed by atoms with Gasteiger partial charge in [-0.2, -0.15) is 5.10 Å². The standard InChI is InChI=1S/C37H46FN5O7/c1-5-37(6-2,36(47)49-21-18-42-16-19-48-20-17-42)32-15-14-30(27-8-7-9-28(38)23-27)43(32)35(46)25(4)39-33(44)26-10-12-29(13-11-26)50-31-22-24(3)40-41-34(31)45/h7-13,22-23,25,30,32H,5-6,14-21H2,1-4H3,(H,39,44)(H,41,45)/t25-,30+,32-/m1/s1. The first kappa shape index (κ1) is 36.7. The third-order valence-corrected chi connectivity index (χ3v) is 9.88. The van der Waals surface area contributed by atoms with Gasteiger partial charge in [0, 0.05) is 37.3 Å². The minimum Gasteiger partial charge on any atom is -0.464 e. The van der Waals surface area contributed by atoms with Gasteiger partial charge in [0.25, 0.3) is 5.91 Å². The number of halogens is 1. The molecule has 2 N–H and O–H groups in total. The van der Waals surface area contributed by atoms with Crippen LogP contribution >= 0.6 is 0 Å². The molecule has 50 heavy (non-hydrogen) atoms. The lowest BCUT2D eigenvalue weighted by molar-refractivity contribution is -0.164. The van der Waals surface area contributed by atoms with E-state index in [0.29, 0.717) is 62.4 Å². The molecule has 2 amide bonds. The number of ether oxygens (including phenoxy) is 3. The first-order chi connectivity index (χ1) is 24.1. The fourth-order valence-electron chi connectivity index (χ4n) is 7.01. The lowest BCUT2D eigenvalue weighted by atomic mass is 9.74. The highest BCUT2D eigenvalue weighted by Gasteiger charge is 2.53. The second-order valence-corrected chi connectivity index (χ2v) is 12.9. The predicted octanol–water partition coefficient (Wildman–Crippen LogP) is 4.54. The molecule has 3 heterocycles. The van der Waals surface area contributed by atoms with Gasteiger partial charge in [0.05, 0.1) is 30.4 Å². The van der Waals surface area contributed by atoms with Crippen molar-refractivity contribution in [1.29, 1.82) is 0 Å². The van der Waals surface area contributed by atoms with Crippen LogP contribution in [0.4, 0.5) is 4.39 Å². The Morgan fingerprint density at radius 3 is 2.48 bits per heavy atom. The Labute approximate surface area is 291 Å². The Hall–Kier alpha value is -4.62. The summed E-state index contributed by atoms with van der Waals surface area (Å²) in [6.45, 7) is 10.8. The van der Waals surface area contributed by atoms with Crippen LogP contribution in [0.5, 0.6) is 11.5 Å². The fraction of sp³-hybridized carbons (Fsp3) is 0.486. The smallest absolute Gasteiger partial charge is 0.314 e. The molecule has 3 aromatic rings. The van der Waals surface area contributed by atoms with Crippen molar-refractivity contribution < 1.29 is 33.0 Å². The van der Waals surface area contributed by atoms with Crippen molar-refractivity contribution >= 4 is 17.8 Å². The average Bonchev–Trinajstić information content (AvgIpc) is 3.56. The number of H-pyrrole nitrogens is 1. The molecule has 2 fully saturated rings. The molecule has 12 nitrogen and oxygen atoms in total. The molecule has 2 aromatic carbocycles. The summed E-state index contributed by atoms with van der Waals surface area (Å²) in [5.74, 6) is -1.25. The van der Waals surface area contributed by atoms with Gasteiger partial charge < -0.3 is 24.4 Å². The third-order valence-electron chi connectivity index (χ3n) is 9.88. The lowest BCUT2D eigenvalue weighted by Gasteiger charge is -2.43. The molecule has 13 heteroatoms. The van der Waals surface area contributed by atoms with E-state index in [2.05, 4.69) is 20.4 Å². The number of rotatable bonds is 13. The number of aromatic amines is 1. The number of nitrogens with one attached hydrogen (secondary N) is 2. The number of carbonyl (C=O) groups is 3. The first-order valence-corrected chi connectivity index (χ1v) is 17.3. The second-order valence-electron chi connectivity index (χ2n) is 12.9. The summed E-state index contributed by atoms with van der Waals surface area (Å²) < 4.78 is 31.5. The second kappa shape index (κ2) is 16.4. The molecule has 0 radical (unpaired) electrons. The number of morpholine rings is 1. The number of aryl methyl sites for hydroxylation is 1. The van der Waals surface area contributed by atoms with E-state index in [0.717, 1.165) is 13.1 Å². The summed E-state index contributed by atoms with van der Waals surface area (Å²) >= 11 is 0. The molecule has 0 unspecified atom stereocenters. The highest BCUT2D eigenvalue weighted by Crippen LogP contribution is 2.47. The highest BCUT2D eigenvalue weighted by molar-refractivity contribution is 5.97. The molecule has 0 spiro atoms. The van der Waals surface area contributed by atoms with E-state index in [1.165, 1.54) is 30.3 Å². The molecule has 2 aliphatic heterocycles. The number of aromatic nitrogens is 2. The minimum absolute atomic E-state index is 0.0677. The Morgan fingerprint density at radius 2 is 1.80 bits per heavy atom. The lowest BCUT2D eigenvalue weighted by Crippen LogP contribution is -2.56. The molecule has 0 bridgehead atoms. The summed E-state index contributed by atoms with van der Waals surface area (Å²) in [6.07, 6.45) is 1.90. The summed E-state index contributed by atoms with van der Waals surface area (Å²) in [4.78, 5) is 57.7. The van der Waals surface area contributed by atoms with Crippen LogP contribution in [0, 0.1) is 18.2 Å². The van der Waals surface area contributed by atoms with Gasteiger partial charge >= 0.3 is 11.5 Å². The van der Waals surface area contributed by atoms with E-state index in [9.17, 15) is 23.6 Å². The number of esters is 1. The number of nitrogens with zero attached hydrogens (tertiary/aromatic N) is 3.